The second-order valence-corrected chi connectivity index (χ2v) is 6.76. The molecule has 2 aromatic carbocycles. The van der Waals surface area contributed by atoms with Crippen LogP contribution in [0.15, 0.2) is 47.3 Å². The van der Waals surface area contributed by atoms with E-state index in [9.17, 15) is 14.4 Å². The maximum atomic E-state index is 12.2. The number of carboxylic acids is 1. The molecular formula is C21H23N3O5. The Balaban J connectivity index is 1.61. The fourth-order valence-electron chi connectivity index (χ4n) is 3.09. The summed E-state index contributed by atoms with van der Waals surface area (Å²) in [6.07, 6.45) is 1.38. The van der Waals surface area contributed by atoms with Crippen molar-refractivity contribution in [2.75, 3.05) is 12.4 Å². The number of unbranched alkanes of at least 4 members (excludes halogenated alkanes) is 1. The number of methoxy groups -OCH3 is 1. The summed E-state index contributed by atoms with van der Waals surface area (Å²) in [4.78, 5) is 34.6. The molecule has 8 heteroatoms. The number of nitrogens with one attached hydrogen (secondary N) is 2. The molecule has 3 rings (SSSR count). The lowest BCUT2D eigenvalue weighted by Crippen LogP contribution is -2.11. The monoisotopic (exact) mass is 397 g/mol. The van der Waals surface area contributed by atoms with Gasteiger partial charge >= 0.3 is 5.97 Å². The Bertz CT molecular complexity index is 1070. The zero-order valence-electron chi connectivity index (χ0n) is 16.1. The summed E-state index contributed by atoms with van der Waals surface area (Å²) in [5.74, 6) is -0.362. The van der Waals surface area contributed by atoms with E-state index in [2.05, 4.69) is 10.4 Å². The number of aromatic amines is 1. The number of aliphatic carboxylic acids is 1. The van der Waals surface area contributed by atoms with Crippen molar-refractivity contribution in [3.63, 3.8) is 0 Å². The van der Waals surface area contributed by atoms with Crippen molar-refractivity contribution in [2.45, 2.75) is 32.2 Å². The van der Waals surface area contributed by atoms with Gasteiger partial charge in [0.15, 0.2) is 0 Å². The van der Waals surface area contributed by atoms with Crippen molar-refractivity contribution >= 4 is 28.5 Å². The summed E-state index contributed by atoms with van der Waals surface area (Å²) in [5, 5.41) is 14.8. The minimum atomic E-state index is -0.850. The van der Waals surface area contributed by atoms with E-state index in [1.54, 1.807) is 36.1 Å². The van der Waals surface area contributed by atoms with Gasteiger partial charge in [-0.15, -0.1) is 0 Å². The Morgan fingerprint density at radius 1 is 1.10 bits per heavy atom. The molecule has 1 aromatic heterocycles. The van der Waals surface area contributed by atoms with E-state index in [-0.39, 0.29) is 24.3 Å². The van der Waals surface area contributed by atoms with Crippen molar-refractivity contribution in [3.8, 4) is 5.75 Å². The quantitative estimate of drug-likeness (QED) is 0.481. The van der Waals surface area contributed by atoms with Gasteiger partial charge in [-0.05, 0) is 48.7 Å². The van der Waals surface area contributed by atoms with Crippen molar-refractivity contribution < 1.29 is 19.4 Å². The van der Waals surface area contributed by atoms with Crippen LogP contribution in [0.3, 0.4) is 0 Å². The van der Waals surface area contributed by atoms with Crippen molar-refractivity contribution in [1.82, 2.24) is 9.78 Å². The van der Waals surface area contributed by atoms with Crippen LogP contribution in [0, 0.1) is 0 Å². The first kappa shape index (κ1) is 20.2. The minimum Gasteiger partial charge on any atom is -0.497 e. The predicted octanol–water partition coefficient (Wildman–Crippen LogP) is 2.97. The highest BCUT2D eigenvalue weighted by Gasteiger charge is 2.09. The molecule has 0 radical (unpaired) electrons. The molecule has 0 spiro atoms. The van der Waals surface area contributed by atoms with E-state index in [0.29, 0.717) is 36.2 Å². The van der Waals surface area contributed by atoms with E-state index < -0.39 is 5.97 Å². The van der Waals surface area contributed by atoms with E-state index in [4.69, 9.17) is 9.84 Å². The molecule has 29 heavy (non-hydrogen) atoms. The molecule has 0 atom stereocenters. The number of carbonyl (C=O) groups excluding carboxylic acids is 1. The molecule has 0 unspecified atom stereocenters. The third-order valence-electron chi connectivity index (χ3n) is 4.60. The first-order valence-electron chi connectivity index (χ1n) is 9.33. The lowest BCUT2D eigenvalue weighted by molar-refractivity contribution is -0.137. The Labute approximate surface area is 167 Å². The number of hydrogen-bond donors (Lipinski definition) is 3. The van der Waals surface area contributed by atoms with Gasteiger partial charge in [-0.1, -0.05) is 12.1 Å². The fraction of sp³-hybridized carbons (Fsp3) is 0.286. The normalized spacial score (nSPS) is 10.8. The van der Waals surface area contributed by atoms with Crippen LogP contribution in [-0.2, 0) is 16.1 Å². The topological polar surface area (TPSA) is 113 Å². The van der Waals surface area contributed by atoms with Crippen LogP contribution in [0.4, 0.5) is 5.69 Å². The fourth-order valence-corrected chi connectivity index (χ4v) is 3.09. The average molecular weight is 397 g/mol. The van der Waals surface area contributed by atoms with Gasteiger partial charge in [0.05, 0.1) is 24.6 Å². The molecule has 0 saturated carbocycles. The molecule has 0 bridgehead atoms. The van der Waals surface area contributed by atoms with Crippen LogP contribution in [0.1, 0.15) is 31.2 Å². The number of carbonyl (C=O) groups is 2. The average Bonchev–Trinajstić information content (AvgIpc) is 3.01. The summed E-state index contributed by atoms with van der Waals surface area (Å²) in [6.45, 7) is 0.481. The van der Waals surface area contributed by atoms with Crippen LogP contribution >= 0.6 is 0 Å². The molecule has 3 N–H and O–H groups in total. The SMILES string of the molecule is COc1ccc2c(c1)c(=O)[nH]n2Cc1ccc(NC(=O)CCCCC(=O)O)cc1. The van der Waals surface area contributed by atoms with Crippen LogP contribution in [0.5, 0.6) is 5.75 Å². The van der Waals surface area contributed by atoms with E-state index in [0.717, 1.165) is 11.1 Å². The largest absolute Gasteiger partial charge is 0.497 e. The first-order valence-corrected chi connectivity index (χ1v) is 9.33. The van der Waals surface area contributed by atoms with Crippen LogP contribution in [0.2, 0.25) is 0 Å². The number of anilines is 1. The maximum absolute atomic E-state index is 12.2. The van der Waals surface area contributed by atoms with Crippen molar-refractivity contribution in [1.29, 1.82) is 0 Å². The molecule has 0 fully saturated rings. The number of nitrogens with zero attached hydrogens (tertiary/aromatic N) is 1. The zero-order valence-corrected chi connectivity index (χ0v) is 16.1. The van der Waals surface area contributed by atoms with Gasteiger partial charge in [-0.25, -0.2) is 0 Å². The lowest BCUT2D eigenvalue weighted by atomic mass is 10.1. The minimum absolute atomic E-state index is 0.0743. The number of rotatable bonds is 9. The van der Waals surface area contributed by atoms with Crippen molar-refractivity contribution in [2.24, 2.45) is 0 Å². The van der Waals surface area contributed by atoms with Gasteiger partial charge in [0.2, 0.25) is 5.91 Å². The predicted molar refractivity (Wildman–Crippen MR) is 109 cm³/mol. The molecule has 0 saturated heterocycles. The molecule has 8 nitrogen and oxygen atoms in total. The Morgan fingerprint density at radius 2 is 1.83 bits per heavy atom. The van der Waals surface area contributed by atoms with E-state index >= 15 is 0 Å². The van der Waals surface area contributed by atoms with Gasteiger partial charge in [0.25, 0.3) is 5.56 Å². The molecular weight excluding hydrogens is 374 g/mol. The summed E-state index contributed by atoms with van der Waals surface area (Å²) in [6, 6.07) is 12.7. The Hall–Kier alpha value is -3.55. The van der Waals surface area contributed by atoms with Gasteiger partial charge in [-0.3, -0.25) is 24.2 Å². The summed E-state index contributed by atoms with van der Waals surface area (Å²) in [5.41, 5.74) is 2.25. The Morgan fingerprint density at radius 3 is 2.52 bits per heavy atom. The van der Waals surface area contributed by atoms with Gasteiger partial charge in [0, 0.05) is 18.5 Å². The molecule has 1 heterocycles. The zero-order chi connectivity index (χ0) is 20.8. The summed E-state index contributed by atoms with van der Waals surface area (Å²) < 4.78 is 6.94. The first-order chi connectivity index (χ1) is 14.0. The Kier molecular flexibility index (Phi) is 6.33. The third-order valence-corrected chi connectivity index (χ3v) is 4.60. The number of aromatic nitrogens is 2. The molecule has 0 aliphatic carbocycles. The number of benzene rings is 2. The molecule has 0 aliphatic rings. The number of fused-ring (bicyclic) bond motifs is 1. The highest BCUT2D eigenvalue weighted by Crippen LogP contribution is 2.19. The number of hydrogen-bond acceptors (Lipinski definition) is 4. The second kappa shape index (κ2) is 9.09. The number of ether oxygens (including phenoxy) is 1. The van der Waals surface area contributed by atoms with Crippen LogP contribution in [0.25, 0.3) is 10.9 Å². The van der Waals surface area contributed by atoms with Crippen LogP contribution in [-0.4, -0.2) is 33.9 Å². The van der Waals surface area contributed by atoms with Crippen molar-refractivity contribution in [3.05, 3.63) is 58.4 Å². The van der Waals surface area contributed by atoms with Gasteiger partial charge in [0.1, 0.15) is 5.75 Å². The highest BCUT2D eigenvalue weighted by molar-refractivity contribution is 5.90. The van der Waals surface area contributed by atoms with Gasteiger partial charge in [-0.2, -0.15) is 0 Å². The summed E-state index contributed by atoms with van der Waals surface area (Å²) >= 11 is 0. The number of amides is 1. The molecule has 152 valence electrons. The van der Waals surface area contributed by atoms with E-state index in [1.165, 1.54) is 0 Å². The summed E-state index contributed by atoms with van der Waals surface area (Å²) in [7, 11) is 1.56. The standard InChI is InChI=1S/C21H23N3O5/c1-29-16-10-11-18-17(12-16)21(28)23-24(18)13-14-6-8-15(9-7-14)22-19(25)4-2-3-5-20(26)27/h6-12H,2-5,13H2,1H3,(H,22,25)(H,23,28)(H,26,27). The highest BCUT2D eigenvalue weighted by atomic mass is 16.5. The lowest BCUT2D eigenvalue weighted by Gasteiger charge is -2.08. The maximum Gasteiger partial charge on any atom is 0.303 e. The van der Waals surface area contributed by atoms with Gasteiger partial charge < -0.3 is 15.2 Å². The number of H-pyrrole nitrogens is 1. The van der Waals surface area contributed by atoms with E-state index in [1.807, 2.05) is 18.2 Å². The number of carboxylic acid groups (broad SMARTS) is 1. The molecule has 3 aromatic rings. The third kappa shape index (κ3) is 5.25. The van der Waals surface area contributed by atoms with Crippen LogP contribution < -0.4 is 15.6 Å². The molecule has 1 amide bonds. The smallest absolute Gasteiger partial charge is 0.303 e. The second-order valence-electron chi connectivity index (χ2n) is 6.76. The molecule has 0 aliphatic heterocycles.